The Bertz CT molecular complexity index is 804. The molecule has 3 aromatic heterocycles. The Balaban J connectivity index is 1.68. The van der Waals surface area contributed by atoms with Gasteiger partial charge in [0.15, 0.2) is 0 Å². The van der Waals surface area contributed by atoms with Crippen LogP contribution in [0.5, 0.6) is 0 Å². The maximum Gasteiger partial charge on any atom is 0.268 e. The minimum Gasteiger partial charge on any atom is -0.469 e. The molecule has 0 unspecified atom stereocenters. The van der Waals surface area contributed by atoms with Crippen LogP contribution in [0, 0.1) is 0 Å². The van der Waals surface area contributed by atoms with Crippen LogP contribution in [0.4, 0.5) is 0 Å². The van der Waals surface area contributed by atoms with E-state index in [1.165, 1.54) is 11.3 Å². The molecule has 3 aromatic rings. The fourth-order valence-corrected chi connectivity index (χ4v) is 3.90. The lowest BCUT2D eigenvalue weighted by molar-refractivity contribution is 0.0929. The van der Waals surface area contributed by atoms with Gasteiger partial charge in [0.1, 0.15) is 11.5 Å². The van der Waals surface area contributed by atoms with Crippen molar-refractivity contribution in [3.8, 4) is 0 Å². The van der Waals surface area contributed by atoms with E-state index in [-0.39, 0.29) is 11.9 Å². The van der Waals surface area contributed by atoms with E-state index in [9.17, 15) is 4.79 Å². The summed E-state index contributed by atoms with van der Waals surface area (Å²) in [6, 6.07) is 7.75. The zero-order valence-electron chi connectivity index (χ0n) is 13.1. The van der Waals surface area contributed by atoms with E-state index < -0.39 is 0 Å². The van der Waals surface area contributed by atoms with Gasteiger partial charge in [0.05, 0.1) is 20.8 Å². The summed E-state index contributed by atoms with van der Waals surface area (Å²) in [5, 5.41) is 3.07. The molecule has 3 rings (SSSR count). The number of amides is 1. The topological polar surface area (TPSA) is 47.2 Å². The van der Waals surface area contributed by atoms with Gasteiger partial charge < -0.3 is 14.3 Å². The molecule has 3 heterocycles. The van der Waals surface area contributed by atoms with Crippen LogP contribution in [0.15, 0.2) is 34.9 Å². The van der Waals surface area contributed by atoms with Crippen LogP contribution in [0.2, 0.25) is 4.34 Å². The number of carbonyl (C=O) groups excluding carboxylic acids is 1. The number of rotatable bonds is 6. The average molecular weight is 351 g/mol. The van der Waals surface area contributed by atoms with Crippen molar-refractivity contribution >= 4 is 39.1 Å². The van der Waals surface area contributed by atoms with E-state index in [1.807, 2.05) is 42.7 Å². The molecule has 1 N–H and O–H groups in total. The molecule has 0 saturated carbocycles. The van der Waals surface area contributed by atoms with Crippen molar-refractivity contribution in [1.82, 2.24) is 9.88 Å². The molecule has 0 aliphatic carbocycles. The van der Waals surface area contributed by atoms with E-state index in [2.05, 4.69) is 5.32 Å². The van der Waals surface area contributed by atoms with Gasteiger partial charge in [0.2, 0.25) is 0 Å². The highest BCUT2D eigenvalue weighted by Gasteiger charge is 2.18. The van der Waals surface area contributed by atoms with Gasteiger partial charge in [0, 0.05) is 19.0 Å². The van der Waals surface area contributed by atoms with Crippen molar-refractivity contribution in [2.75, 3.05) is 0 Å². The molecule has 1 amide bonds. The number of carbonyl (C=O) groups is 1. The monoisotopic (exact) mass is 350 g/mol. The largest absolute Gasteiger partial charge is 0.469 e. The lowest BCUT2D eigenvalue weighted by Crippen LogP contribution is -2.34. The van der Waals surface area contributed by atoms with E-state index in [0.29, 0.717) is 5.69 Å². The minimum atomic E-state index is -0.0432. The summed E-state index contributed by atoms with van der Waals surface area (Å²) in [6.45, 7) is 4.78. The van der Waals surface area contributed by atoms with Gasteiger partial charge in [-0.3, -0.25) is 4.79 Å². The minimum absolute atomic E-state index is 0.0432. The normalized spacial score (nSPS) is 12.7. The second kappa shape index (κ2) is 6.81. The molecule has 0 radical (unpaired) electrons. The fraction of sp³-hybridized carbons (Fsp3) is 0.353. The number of fused-ring (bicyclic) bond motifs is 1. The molecule has 4 nitrogen and oxygen atoms in total. The maximum absolute atomic E-state index is 12.6. The van der Waals surface area contributed by atoms with Gasteiger partial charge in [-0.1, -0.05) is 11.6 Å². The molecule has 0 aliphatic heterocycles. The van der Waals surface area contributed by atoms with Crippen LogP contribution in [0.3, 0.4) is 0 Å². The van der Waals surface area contributed by atoms with Crippen molar-refractivity contribution in [3.05, 3.63) is 46.3 Å². The van der Waals surface area contributed by atoms with Gasteiger partial charge in [-0.25, -0.2) is 0 Å². The molecule has 1 atom stereocenters. The molecule has 0 spiro atoms. The maximum atomic E-state index is 12.6. The Morgan fingerprint density at radius 3 is 3.00 bits per heavy atom. The highest BCUT2D eigenvalue weighted by Crippen LogP contribution is 2.32. The summed E-state index contributed by atoms with van der Waals surface area (Å²) >= 11 is 7.55. The van der Waals surface area contributed by atoms with E-state index in [1.54, 1.807) is 6.26 Å². The number of aromatic nitrogens is 1. The first-order valence-corrected chi connectivity index (χ1v) is 8.89. The highest BCUT2D eigenvalue weighted by molar-refractivity contribution is 7.22. The summed E-state index contributed by atoms with van der Waals surface area (Å²) < 4.78 is 9.12. The third kappa shape index (κ3) is 3.46. The van der Waals surface area contributed by atoms with Crippen molar-refractivity contribution < 1.29 is 9.21 Å². The Morgan fingerprint density at radius 1 is 1.48 bits per heavy atom. The van der Waals surface area contributed by atoms with Crippen LogP contribution in [-0.4, -0.2) is 16.5 Å². The molecule has 0 fully saturated rings. The lowest BCUT2D eigenvalue weighted by Gasteiger charge is -2.14. The first-order chi connectivity index (χ1) is 11.1. The third-order valence-corrected chi connectivity index (χ3v) is 5.09. The zero-order chi connectivity index (χ0) is 16.4. The second-order valence-corrected chi connectivity index (χ2v) is 7.28. The van der Waals surface area contributed by atoms with E-state index >= 15 is 0 Å². The van der Waals surface area contributed by atoms with Gasteiger partial charge in [-0.15, -0.1) is 11.3 Å². The third-order valence-electron chi connectivity index (χ3n) is 3.89. The smallest absolute Gasteiger partial charge is 0.268 e. The molecule has 0 aromatic carbocycles. The summed E-state index contributed by atoms with van der Waals surface area (Å²) in [5.74, 6) is 0.900. The standard InChI is InChI=1S/C17H19ClN2O2S/c1-3-20-13-10-16(18)23-15(13)9-14(20)17(21)19-11(2)6-7-12-5-4-8-22-12/h4-5,8-11H,3,6-7H2,1-2H3,(H,19,21)/t11-/m0/s1. The molecule has 0 saturated heterocycles. The number of hydrogen-bond acceptors (Lipinski definition) is 3. The van der Waals surface area contributed by atoms with Gasteiger partial charge in [-0.2, -0.15) is 0 Å². The molecule has 122 valence electrons. The van der Waals surface area contributed by atoms with Crippen molar-refractivity contribution in [1.29, 1.82) is 0 Å². The van der Waals surface area contributed by atoms with Crippen LogP contribution in [0.25, 0.3) is 10.2 Å². The van der Waals surface area contributed by atoms with Gasteiger partial charge >= 0.3 is 0 Å². The van der Waals surface area contributed by atoms with Crippen molar-refractivity contribution in [2.45, 2.75) is 39.3 Å². The Labute approximate surface area is 144 Å². The molecule has 0 aliphatic rings. The van der Waals surface area contributed by atoms with E-state index in [4.69, 9.17) is 16.0 Å². The van der Waals surface area contributed by atoms with Crippen LogP contribution < -0.4 is 5.32 Å². The Hall–Kier alpha value is -1.72. The zero-order valence-corrected chi connectivity index (χ0v) is 14.7. The summed E-state index contributed by atoms with van der Waals surface area (Å²) in [7, 11) is 0. The van der Waals surface area contributed by atoms with Gasteiger partial charge in [-0.05, 0) is 44.5 Å². The number of hydrogen-bond donors (Lipinski definition) is 1. The Kier molecular flexibility index (Phi) is 4.78. The number of thiophene rings is 1. The second-order valence-electron chi connectivity index (χ2n) is 5.57. The summed E-state index contributed by atoms with van der Waals surface area (Å²) in [4.78, 5) is 12.6. The summed E-state index contributed by atoms with van der Waals surface area (Å²) in [5.41, 5.74) is 1.71. The van der Waals surface area contributed by atoms with Crippen LogP contribution in [0.1, 0.15) is 36.5 Å². The predicted molar refractivity (Wildman–Crippen MR) is 94.5 cm³/mol. The molecule has 0 bridgehead atoms. The highest BCUT2D eigenvalue weighted by atomic mass is 35.5. The average Bonchev–Trinajstić information content (AvgIpc) is 3.20. The number of furan rings is 1. The number of nitrogens with zero attached hydrogens (tertiary/aromatic N) is 1. The van der Waals surface area contributed by atoms with Crippen molar-refractivity contribution in [2.24, 2.45) is 0 Å². The SMILES string of the molecule is CCn1c(C(=O)N[C@@H](C)CCc2ccco2)cc2sc(Cl)cc21. The fourth-order valence-electron chi connectivity index (χ4n) is 2.72. The number of nitrogens with one attached hydrogen (secondary N) is 1. The van der Waals surface area contributed by atoms with Crippen LogP contribution >= 0.6 is 22.9 Å². The van der Waals surface area contributed by atoms with Crippen molar-refractivity contribution in [3.63, 3.8) is 0 Å². The molecular weight excluding hydrogens is 332 g/mol. The number of aryl methyl sites for hydroxylation is 2. The Morgan fingerprint density at radius 2 is 2.30 bits per heavy atom. The first-order valence-electron chi connectivity index (χ1n) is 7.70. The lowest BCUT2D eigenvalue weighted by atomic mass is 10.1. The number of halogens is 1. The molecular formula is C17H19ClN2O2S. The first kappa shape index (κ1) is 16.1. The predicted octanol–water partition coefficient (Wildman–Crippen LogP) is 4.72. The molecule has 23 heavy (non-hydrogen) atoms. The van der Waals surface area contributed by atoms with E-state index in [0.717, 1.165) is 39.7 Å². The van der Waals surface area contributed by atoms with Gasteiger partial charge in [0.25, 0.3) is 5.91 Å². The summed E-state index contributed by atoms with van der Waals surface area (Å²) in [6.07, 6.45) is 3.32. The molecule has 6 heteroatoms. The van der Waals surface area contributed by atoms with Crippen LogP contribution in [-0.2, 0) is 13.0 Å². The quantitative estimate of drug-likeness (QED) is 0.699.